The van der Waals surface area contributed by atoms with Gasteiger partial charge in [0.2, 0.25) is 5.91 Å². The molecule has 0 aliphatic carbocycles. The van der Waals surface area contributed by atoms with Gasteiger partial charge >= 0.3 is 0 Å². The fraction of sp³-hybridized carbons (Fsp3) is 0.462. The van der Waals surface area contributed by atoms with Crippen molar-refractivity contribution in [1.82, 2.24) is 0 Å². The quantitative estimate of drug-likeness (QED) is 0.813. The van der Waals surface area contributed by atoms with Crippen molar-refractivity contribution >= 4 is 11.6 Å². The van der Waals surface area contributed by atoms with Crippen molar-refractivity contribution in [2.75, 3.05) is 19.0 Å². The van der Waals surface area contributed by atoms with Gasteiger partial charge in [0.1, 0.15) is 11.4 Å². The Balaban J connectivity index is 3.12. The molecule has 1 unspecified atom stereocenters. The van der Waals surface area contributed by atoms with Crippen molar-refractivity contribution in [3.8, 4) is 0 Å². The van der Waals surface area contributed by atoms with Crippen LogP contribution in [0.15, 0.2) is 24.3 Å². The maximum absolute atomic E-state index is 13.6. The zero-order chi connectivity index (χ0) is 13.8. The van der Waals surface area contributed by atoms with E-state index in [9.17, 15) is 9.18 Å². The standard InChI is InChI=1S/C13H19FN2O2/c1-9(2)13(8-18-3,12(15)17)16-11-7-5-4-6-10(11)14/h4-7,9,16H,8H2,1-3H3,(H2,15,17). The highest BCUT2D eigenvalue weighted by Gasteiger charge is 2.40. The first kappa shape index (κ1) is 14.4. The summed E-state index contributed by atoms with van der Waals surface area (Å²) in [7, 11) is 1.48. The number of ether oxygens (including phenoxy) is 1. The van der Waals surface area contributed by atoms with Crippen molar-refractivity contribution in [3.63, 3.8) is 0 Å². The van der Waals surface area contributed by atoms with Crippen molar-refractivity contribution in [1.29, 1.82) is 0 Å². The van der Waals surface area contributed by atoms with E-state index >= 15 is 0 Å². The molecule has 1 aromatic rings. The number of hydrogen-bond acceptors (Lipinski definition) is 3. The molecular weight excluding hydrogens is 235 g/mol. The number of halogens is 1. The van der Waals surface area contributed by atoms with E-state index in [0.29, 0.717) is 0 Å². The van der Waals surface area contributed by atoms with Crippen LogP contribution in [-0.4, -0.2) is 25.2 Å². The summed E-state index contributed by atoms with van der Waals surface area (Å²) in [6.07, 6.45) is 0. The molecule has 18 heavy (non-hydrogen) atoms. The molecule has 100 valence electrons. The SMILES string of the molecule is COCC(Nc1ccccc1F)(C(N)=O)C(C)C. The van der Waals surface area contributed by atoms with E-state index in [1.54, 1.807) is 18.2 Å². The summed E-state index contributed by atoms with van der Waals surface area (Å²) in [6.45, 7) is 3.74. The first-order valence-corrected chi connectivity index (χ1v) is 5.75. The van der Waals surface area contributed by atoms with Crippen LogP contribution in [0.2, 0.25) is 0 Å². The van der Waals surface area contributed by atoms with Crippen LogP contribution in [0.3, 0.4) is 0 Å². The lowest BCUT2D eigenvalue weighted by atomic mass is 9.86. The maximum atomic E-state index is 13.6. The third-order valence-corrected chi connectivity index (χ3v) is 3.03. The Morgan fingerprint density at radius 3 is 2.56 bits per heavy atom. The summed E-state index contributed by atoms with van der Waals surface area (Å²) < 4.78 is 18.7. The summed E-state index contributed by atoms with van der Waals surface area (Å²) in [6, 6.07) is 6.15. The zero-order valence-corrected chi connectivity index (χ0v) is 10.9. The summed E-state index contributed by atoms with van der Waals surface area (Å²) in [5.41, 5.74) is 4.56. The maximum Gasteiger partial charge on any atom is 0.245 e. The minimum atomic E-state index is -1.13. The molecule has 0 aliphatic rings. The number of nitrogens with two attached hydrogens (primary N) is 1. The molecule has 0 saturated carbocycles. The number of carbonyl (C=O) groups is 1. The summed E-state index contributed by atoms with van der Waals surface area (Å²) in [5.74, 6) is -1.14. The Morgan fingerprint density at radius 1 is 1.50 bits per heavy atom. The Hall–Kier alpha value is -1.62. The average Bonchev–Trinajstić information content (AvgIpc) is 2.30. The van der Waals surface area contributed by atoms with E-state index in [1.165, 1.54) is 13.2 Å². The molecule has 1 atom stereocenters. The number of nitrogens with one attached hydrogen (secondary N) is 1. The third kappa shape index (κ3) is 2.79. The molecule has 5 heteroatoms. The van der Waals surface area contributed by atoms with Crippen LogP contribution in [0.5, 0.6) is 0 Å². The highest BCUT2D eigenvalue weighted by atomic mass is 19.1. The van der Waals surface area contributed by atoms with Crippen molar-refractivity contribution in [2.45, 2.75) is 19.4 Å². The largest absolute Gasteiger partial charge is 0.382 e. The number of methoxy groups -OCH3 is 1. The molecule has 0 aromatic heterocycles. The lowest BCUT2D eigenvalue weighted by Crippen LogP contribution is -2.57. The van der Waals surface area contributed by atoms with Gasteiger partial charge in [-0.2, -0.15) is 0 Å². The van der Waals surface area contributed by atoms with E-state index in [1.807, 2.05) is 13.8 Å². The topological polar surface area (TPSA) is 64.3 Å². The monoisotopic (exact) mass is 254 g/mol. The minimum Gasteiger partial charge on any atom is -0.382 e. The van der Waals surface area contributed by atoms with E-state index < -0.39 is 17.3 Å². The van der Waals surface area contributed by atoms with E-state index in [4.69, 9.17) is 10.5 Å². The fourth-order valence-corrected chi connectivity index (χ4v) is 1.79. The van der Waals surface area contributed by atoms with Gasteiger partial charge in [-0.05, 0) is 18.1 Å². The zero-order valence-electron chi connectivity index (χ0n) is 10.9. The third-order valence-electron chi connectivity index (χ3n) is 3.03. The van der Waals surface area contributed by atoms with Crippen molar-refractivity contribution in [2.24, 2.45) is 11.7 Å². The Kier molecular flexibility index (Phi) is 4.67. The number of amides is 1. The first-order chi connectivity index (χ1) is 8.44. The number of carbonyl (C=O) groups excluding carboxylic acids is 1. The highest BCUT2D eigenvalue weighted by Crippen LogP contribution is 2.25. The van der Waals surface area contributed by atoms with E-state index in [-0.39, 0.29) is 18.2 Å². The molecule has 0 fully saturated rings. The molecule has 1 rings (SSSR count). The predicted octanol–water partition coefficient (Wildman–Crippen LogP) is 1.76. The molecule has 3 N–H and O–H groups in total. The van der Waals surface area contributed by atoms with Gasteiger partial charge in [0, 0.05) is 7.11 Å². The van der Waals surface area contributed by atoms with Crippen LogP contribution in [-0.2, 0) is 9.53 Å². The summed E-state index contributed by atoms with van der Waals surface area (Å²) >= 11 is 0. The minimum absolute atomic E-state index is 0.0777. The van der Waals surface area contributed by atoms with Gasteiger partial charge in [0.05, 0.1) is 12.3 Å². The van der Waals surface area contributed by atoms with Crippen molar-refractivity contribution < 1.29 is 13.9 Å². The second kappa shape index (κ2) is 5.82. The molecule has 0 radical (unpaired) electrons. The molecule has 1 amide bonds. The Bertz CT molecular complexity index is 423. The predicted molar refractivity (Wildman–Crippen MR) is 68.7 cm³/mol. The number of rotatable bonds is 6. The van der Waals surface area contributed by atoms with E-state index in [2.05, 4.69) is 5.32 Å². The fourth-order valence-electron chi connectivity index (χ4n) is 1.79. The number of benzene rings is 1. The Labute approximate surface area is 106 Å². The van der Waals surface area contributed by atoms with Gasteiger partial charge in [0.25, 0.3) is 0 Å². The van der Waals surface area contributed by atoms with Crippen LogP contribution in [0.25, 0.3) is 0 Å². The lowest BCUT2D eigenvalue weighted by molar-refractivity contribution is -0.125. The average molecular weight is 254 g/mol. The molecule has 1 aromatic carbocycles. The second-order valence-electron chi connectivity index (χ2n) is 4.53. The molecule has 0 heterocycles. The smallest absolute Gasteiger partial charge is 0.245 e. The molecule has 4 nitrogen and oxygen atoms in total. The van der Waals surface area contributed by atoms with Crippen molar-refractivity contribution in [3.05, 3.63) is 30.1 Å². The van der Waals surface area contributed by atoms with E-state index in [0.717, 1.165) is 0 Å². The van der Waals surface area contributed by atoms with Crippen LogP contribution in [0, 0.1) is 11.7 Å². The van der Waals surface area contributed by atoms with Gasteiger partial charge < -0.3 is 15.8 Å². The molecule has 0 aliphatic heterocycles. The molecular formula is C13H19FN2O2. The number of hydrogen-bond donors (Lipinski definition) is 2. The van der Waals surface area contributed by atoms with Gasteiger partial charge in [-0.15, -0.1) is 0 Å². The normalized spacial score (nSPS) is 14.3. The summed E-state index contributed by atoms with van der Waals surface area (Å²) in [5, 5.41) is 2.89. The Morgan fingerprint density at radius 2 is 2.11 bits per heavy atom. The van der Waals surface area contributed by atoms with Crippen LogP contribution >= 0.6 is 0 Å². The van der Waals surface area contributed by atoms with Crippen LogP contribution in [0.1, 0.15) is 13.8 Å². The van der Waals surface area contributed by atoms with Gasteiger partial charge in [-0.3, -0.25) is 4.79 Å². The van der Waals surface area contributed by atoms with Crippen LogP contribution in [0.4, 0.5) is 10.1 Å². The lowest BCUT2D eigenvalue weighted by Gasteiger charge is -2.35. The number of para-hydroxylation sites is 1. The van der Waals surface area contributed by atoms with Gasteiger partial charge in [-0.25, -0.2) is 4.39 Å². The van der Waals surface area contributed by atoms with Crippen LogP contribution < -0.4 is 11.1 Å². The number of primary amides is 1. The molecule has 0 bridgehead atoms. The number of anilines is 1. The molecule has 0 saturated heterocycles. The first-order valence-electron chi connectivity index (χ1n) is 5.75. The molecule has 0 spiro atoms. The van der Waals surface area contributed by atoms with Gasteiger partial charge in [0.15, 0.2) is 0 Å². The summed E-state index contributed by atoms with van der Waals surface area (Å²) in [4.78, 5) is 11.7. The highest BCUT2D eigenvalue weighted by molar-refractivity contribution is 5.88. The van der Waals surface area contributed by atoms with Gasteiger partial charge in [-0.1, -0.05) is 26.0 Å². The second-order valence-corrected chi connectivity index (χ2v) is 4.53.